The van der Waals surface area contributed by atoms with Crippen LogP contribution in [0.5, 0.6) is 0 Å². The fourth-order valence-electron chi connectivity index (χ4n) is 2.51. The van der Waals surface area contributed by atoms with Crippen molar-refractivity contribution in [1.29, 1.82) is 0 Å². The van der Waals surface area contributed by atoms with Gasteiger partial charge in [0.1, 0.15) is 0 Å². The lowest BCUT2D eigenvalue weighted by Crippen LogP contribution is -2.43. The van der Waals surface area contributed by atoms with Gasteiger partial charge in [0.25, 0.3) is 0 Å². The fourth-order valence-corrected chi connectivity index (χ4v) is 2.51. The number of amides is 1. The van der Waals surface area contributed by atoms with Crippen molar-refractivity contribution in [3.8, 4) is 0 Å². The van der Waals surface area contributed by atoms with E-state index in [1.54, 1.807) is 17.0 Å². The Bertz CT molecular complexity index is 528. The lowest BCUT2D eigenvalue weighted by molar-refractivity contribution is -0.119. The Morgan fingerprint density at radius 3 is 2.85 bits per heavy atom. The molecule has 2 rings (SSSR count). The van der Waals surface area contributed by atoms with Crippen molar-refractivity contribution < 1.29 is 14.7 Å². The molecule has 0 saturated carbocycles. The number of hydrogen-bond acceptors (Lipinski definition) is 3. The molecule has 0 saturated heterocycles. The summed E-state index contributed by atoms with van der Waals surface area (Å²) in [5, 5.41) is 8.98. The van der Waals surface area contributed by atoms with Crippen molar-refractivity contribution in [2.45, 2.75) is 38.6 Å². The summed E-state index contributed by atoms with van der Waals surface area (Å²) in [6.45, 7) is 2.65. The van der Waals surface area contributed by atoms with Crippen molar-refractivity contribution in [3.63, 3.8) is 0 Å². The molecular formula is C15H20N2O3. The van der Waals surface area contributed by atoms with E-state index in [1.807, 2.05) is 0 Å². The van der Waals surface area contributed by atoms with Crippen molar-refractivity contribution in [2.75, 3.05) is 11.4 Å². The first-order valence-electron chi connectivity index (χ1n) is 6.97. The van der Waals surface area contributed by atoms with E-state index < -0.39 is 12.0 Å². The minimum absolute atomic E-state index is 0.0692. The van der Waals surface area contributed by atoms with Crippen LogP contribution in [0.2, 0.25) is 0 Å². The van der Waals surface area contributed by atoms with Gasteiger partial charge in [0.15, 0.2) is 0 Å². The number of carbonyl (C=O) groups is 2. The zero-order valence-electron chi connectivity index (χ0n) is 11.6. The molecule has 1 unspecified atom stereocenters. The van der Waals surface area contributed by atoms with Crippen LogP contribution in [0.1, 0.15) is 42.1 Å². The van der Waals surface area contributed by atoms with Crippen LogP contribution in [0.3, 0.4) is 0 Å². The van der Waals surface area contributed by atoms with Gasteiger partial charge >= 0.3 is 5.97 Å². The molecule has 0 fully saturated rings. The van der Waals surface area contributed by atoms with E-state index in [9.17, 15) is 9.59 Å². The number of nitrogens with two attached hydrogens (primary N) is 1. The van der Waals surface area contributed by atoms with Crippen LogP contribution in [0.15, 0.2) is 18.2 Å². The third-order valence-electron chi connectivity index (χ3n) is 3.67. The molecule has 3 N–H and O–H groups in total. The van der Waals surface area contributed by atoms with Crippen molar-refractivity contribution in [1.82, 2.24) is 0 Å². The van der Waals surface area contributed by atoms with E-state index in [0.717, 1.165) is 24.1 Å². The molecule has 0 aliphatic carbocycles. The molecule has 1 heterocycles. The van der Waals surface area contributed by atoms with Crippen LogP contribution in [0.25, 0.3) is 0 Å². The molecule has 1 aromatic rings. The van der Waals surface area contributed by atoms with Crippen LogP contribution in [0, 0.1) is 0 Å². The van der Waals surface area contributed by atoms with Crippen LogP contribution >= 0.6 is 0 Å². The molecule has 0 bridgehead atoms. The molecule has 108 valence electrons. The molecule has 1 aliphatic heterocycles. The van der Waals surface area contributed by atoms with Gasteiger partial charge in [0.05, 0.1) is 11.6 Å². The van der Waals surface area contributed by atoms with E-state index in [2.05, 4.69) is 6.92 Å². The summed E-state index contributed by atoms with van der Waals surface area (Å²) < 4.78 is 0. The SMILES string of the molecule is CCCCC(N)C(=O)N1CCc2cc(C(=O)O)ccc21. The van der Waals surface area contributed by atoms with Gasteiger partial charge in [-0.1, -0.05) is 19.8 Å². The molecule has 1 amide bonds. The predicted octanol–water partition coefficient (Wildman–Crippen LogP) is 1.79. The Morgan fingerprint density at radius 2 is 2.20 bits per heavy atom. The number of benzene rings is 1. The average molecular weight is 276 g/mol. The second kappa shape index (κ2) is 6.05. The van der Waals surface area contributed by atoms with Crippen LogP contribution < -0.4 is 10.6 Å². The fraction of sp³-hybridized carbons (Fsp3) is 0.467. The smallest absolute Gasteiger partial charge is 0.335 e. The quantitative estimate of drug-likeness (QED) is 0.858. The Hall–Kier alpha value is -1.88. The predicted molar refractivity (Wildman–Crippen MR) is 77.0 cm³/mol. The highest BCUT2D eigenvalue weighted by molar-refractivity contribution is 5.99. The lowest BCUT2D eigenvalue weighted by Gasteiger charge is -2.21. The summed E-state index contributed by atoms with van der Waals surface area (Å²) in [4.78, 5) is 24.9. The Labute approximate surface area is 118 Å². The Balaban J connectivity index is 2.15. The normalized spacial score (nSPS) is 15.0. The standard InChI is InChI=1S/C15H20N2O3/c1-2-3-4-12(16)14(18)17-8-7-10-9-11(15(19)20)5-6-13(10)17/h5-6,9,12H,2-4,7-8,16H2,1H3,(H,19,20). The molecule has 20 heavy (non-hydrogen) atoms. The maximum Gasteiger partial charge on any atom is 0.335 e. The summed E-state index contributed by atoms with van der Waals surface area (Å²) in [5.41, 5.74) is 7.89. The summed E-state index contributed by atoms with van der Waals surface area (Å²) in [6.07, 6.45) is 3.32. The summed E-state index contributed by atoms with van der Waals surface area (Å²) in [5.74, 6) is -1.02. The molecule has 0 radical (unpaired) electrons. The number of fused-ring (bicyclic) bond motifs is 1. The summed E-state index contributed by atoms with van der Waals surface area (Å²) in [6, 6.07) is 4.41. The minimum Gasteiger partial charge on any atom is -0.478 e. The third-order valence-corrected chi connectivity index (χ3v) is 3.67. The highest BCUT2D eigenvalue weighted by Crippen LogP contribution is 2.29. The van der Waals surface area contributed by atoms with E-state index in [-0.39, 0.29) is 11.5 Å². The van der Waals surface area contributed by atoms with Crippen molar-refractivity contribution >= 4 is 17.6 Å². The molecule has 5 nitrogen and oxygen atoms in total. The van der Waals surface area contributed by atoms with E-state index in [0.29, 0.717) is 19.4 Å². The van der Waals surface area contributed by atoms with Gasteiger partial charge in [-0.15, -0.1) is 0 Å². The van der Waals surface area contributed by atoms with Crippen molar-refractivity contribution in [2.24, 2.45) is 5.73 Å². The molecule has 5 heteroatoms. The number of carboxylic acids is 1. The Kier molecular flexibility index (Phi) is 4.39. The monoisotopic (exact) mass is 276 g/mol. The minimum atomic E-state index is -0.947. The molecule has 0 spiro atoms. The number of unbranched alkanes of at least 4 members (excludes halogenated alkanes) is 1. The van der Waals surface area contributed by atoms with E-state index in [1.165, 1.54) is 6.07 Å². The first kappa shape index (κ1) is 14.5. The van der Waals surface area contributed by atoms with Gasteiger partial charge in [-0.05, 0) is 36.6 Å². The second-order valence-corrected chi connectivity index (χ2v) is 5.14. The van der Waals surface area contributed by atoms with Gasteiger partial charge < -0.3 is 15.7 Å². The van der Waals surface area contributed by atoms with Crippen LogP contribution in [-0.4, -0.2) is 29.6 Å². The van der Waals surface area contributed by atoms with E-state index in [4.69, 9.17) is 10.8 Å². The number of aromatic carboxylic acids is 1. The molecule has 1 aromatic carbocycles. The zero-order chi connectivity index (χ0) is 14.7. The first-order chi connectivity index (χ1) is 9.54. The molecule has 1 atom stereocenters. The lowest BCUT2D eigenvalue weighted by atomic mass is 10.1. The van der Waals surface area contributed by atoms with Gasteiger partial charge in [-0.3, -0.25) is 4.79 Å². The van der Waals surface area contributed by atoms with Gasteiger partial charge in [0, 0.05) is 12.2 Å². The number of hydrogen-bond donors (Lipinski definition) is 2. The molecule has 1 aliphatic rings. The van der Waals surface area contributed by atoms with Gasteiger partial charge in [0.2, 0.25) is 5.91 Å². The summed E-state index contributed by atoms with van der Waals surface area (Å²) >= 11 is 0. The number of carbonyl (C=O) groups excluding carboxylic acids is 1. The largest absolute Gasteiger partial charge is 0.478 e. The topological polar surface area (TPSA) is 83.6 Å². The van der Waals surface area contributed by atoms with Crippen LogP contribution in [-0.2, 0) is 11.2 Å². The number of anilines is 1. The average Bonchev–Trinajstić information content (AvgIpc) is 2.86. The third kappa shape index (κ3) is 2.82. The highest BCUT2D eigenvalue weighted by atomic mass is 16.4. The second-order valence-electron chi connectivity index (χ2n) is 5.14. The number of rotatable bonds is 5. The molecular weight excluding hydrogens is 256 g/mol. The van der Waals surface area contributed by atoms with Crippen molar-refractivity contribution in [3.05, 3.63) is 29.3 Å². The van der Waals surface area contributed by atoms with Gasteiger partial charge in [-0.25, -0.2) is 4.79 Å². The van der Waals surface area contributed by atoms with Gasteiger partial charge in [-0.2, -0.15) is 0 Å². The number of carboxylic acid groups (broad SMARTS) is 1. The maximum absolute atomic E-state index is 12.3. The first-order valence-corrected chi connectivity index (χ1v) is 6.97. The Morgan fingerprint density at radius 1 is 1.45 bits per heavy atom. The molecule has 0 aromatic heterocycles. The van der Waals surface area contributed by atoms with Crippen LogP contribution in [0.4, 0.5) is 5.69 Å². The maximum atomic E-state index is 12.3. The highest BCUT2D eigenvalue weighted by Gasteiger charge is 2.28. The zero-order valence-corrected chi connectivity index (χ0v) is 11.6. The van der Waals surface area contributed by atoms with E-state index >= 15 is 0 Å². The summed E-state index contributed by atoms with van der Waals surface area (Å²) in [7, 11) is 0. The number of nitrogens with zero attached hydrogens (tertiary/aromatic N) is 1.